The van der Waals surface area contributed by atoms with Crippen molar-refractivity contribution in [3.05, 3.63) is 120 Å². The number of hydrogen-bond donors (Lipinski definition) is 3. The number of nitrogen functional groups attached to an aromatic ring is 1. The first-order valence-corrected chi connectivity index (χ1v) is 12.1. The van der Waals surface area contributed by atoms with Crippen molar-refractivity contribution >= 4 is 40.5 Å². The molecule has 0 heterocycles. The molecule has 0 bridgehead atoms. The lowest BCUT2D eigenvalue weighted by atomic mass is 9.96. The fraction of sp³-hybridized carbons (Fsp3) is 0.100. The molecule has 4 rings (SSSR count). The number of carbonyl (C=O) groups excluding carboxylic acids is 3. The average molecular weight is 529 g/mol. The van der Waals surface area contributed by atoms with E-state index in [0.29, 0.717) is 34.7 Å². The molecule has 5 N–H and O–H groups in total. The van der Waals surface area contributed by atoms with Gasteiger partial charge in [-0.1, -0.05) is 24.3 Å². The van der Waals surface area contributed by atoms with Crippen LogP contribution in [0.15, 0.2) is 97.1 Å². The summed E-state index contributed by atoms with van der Waals surface area (Å²) >= 11 is 0. The normalized spacial score (nSPS) is 11.4. The van der Waals surface area contributed by atoms with Crippen LogP contribution in [-0.2, 0) is 16.0 Å². The van der Waals surface area contributed by atoms with Crippen molar-refractivity contribution in [3.8, 4) is 0 Å². The lowest BCUT2D eigenvalue weighted by molar-refractivity contribution is -0.131. The van der Waals surface area contributed by atoms with Gasteiger partial charge in [-0.2, -0.15) is 0 Å². The third-order valence-electron chi connectivity index (χ3n) is 6.18. The third kappa shape index (κ3) is 6.64. The standard InChI is InChI=1S/C30H26F2N4O3/c31-21-10-14-23(15-11-21)36(24-16-12-22(32)13-17-24)30(39)25(28(34)37)18-7-19-5-8-20(9-6-19)29(38)35-27-4-2-1-3-26(27)33/h1-6,8-17,25H,7,18,33H2,(H2,34,37)(H,35,38). The van der Waals surface area contributed by atoms with Crippen molar-refractivity contribution < 1.29 is 23.2 Å². The van der Waals surface area contributed by atoms with E-state index in [1.807, 2.05) is 0 Å². The van der Waals surface area contributed by atoms with Crippen LogP contribution in [0.4, 0.5) is 31.5 Å². The number of halogens is 2. The predicted octanol–water partition coefficient (Wildman–Crippen LogP) is 5.20. The summed E-state index contributed by atoms with van der Waals surface area (Å²) in [5.74, 6) is -4.01. The molecule has 7 nitrogen and oxygen atoms in total. The maximum absolute atomic E-state index is 13.6. The van der Waals surface area contributed by atoms with E-state index < -0.39 is 29.4 Å². The highest BCUT2D eigenvalue weighted by Crippen LogP contribution is 2.29. The second-order valence-electron chi connectivity index (χ2n) is 8.86. The number of hydrogen-bond acceptors (Lipinski definition) is 4. The van der Waals surface area contributed by atoms with Crippen molar-refractivity contribution in [3.63, 3.8) is 0 Å². The smallest absolute Gasteiger partial charge is 0.255 e. The maximum atomic E-state index is 13.6. The minimum Gasteiger partial charge on any atom is -0.397 e. The minimum absolute atomic E-state index is 0.0825. The van der Waals surface area contributed by atoms with Crippen LogP contribution >= 0.6 is 0 Å². The molecule has 0 aromatic heterocycles. The number of nitrogens with one attached hydrogen (secondary N) is 1. The summed E-state index contributed by atoms with van der Waals surface area (Å²) in [7, 11) is 0. The van der Waals surface area contributed by atoms with Crippen molar-refractivity contribution in [2.24, 2.45) is 11.7 Å². The molecule has 198 valence electrons. The van der Waals surface area contributed by atoms with E-state index in [1.165, 1.54) is 53.4 Å². The molecule has 3 amide bonds. The van der Waals surface area contributed by atoms with Crippen molar-refractivity contribution in [2.75, 3.05) is 16.0 Å². The Bertz CT molecular complexity index is 1430. The van der Waals surface area contributed by atoms with Crippen LogP contribution in [0.25, 0.3) is 0 Å². The number of nitrogens with two attached hydrogens (primary N) is 2. The van der Waals surface area contributed by atoms with E-state index in [9.17, 15) is 23.2 Å². The Balaban J connectivity index is 1.50. The summed E-state index contributed by atoms with van der Waals surface area (Å²) in [5, 5.41) is 2.75. The molecule has 0 radical (unpaired) electrons. The number of primary amides is 1. The Morgan fingerprint density at radius 3 is 1.82 bits per heavy atom. The number of aryl methyl sites for hydroxylation is 1. The van der Waals surface area contributed by atoms with E-state index in [0.717, 1.165) is 5.56 Å². The third-order valence-corrected chi connectivity index (χ3v) is 6.18. The van der Waals surface area contributed by atoms with Gasteiger partial charge >= 0.3 is 0 Å². The molecule has 0 fully saturated rings. The first-order valence-electron chi connectivity index (χ1n) is 12.1. The Hall–Kier alpha value is -5.05. The lowest BCUT2D eigenvalue weighted by Gasteiger charge is -2.26. The number of anilines is 4. The molecular formula is C30H26F2N4O3. The van der Waals surface area contributed by atoms with Gasteiger partial charge in [0, 0.05) is 16.9 Å². The molecule has 0 saturated heterocycles. The Labute approximate surface area is 224 Å². The van der Waals surface area contributed by atoms with Gasteiger partial charge in [0.15, 0.2) is 0 Å². The first-order chi connectivity index (χ1) is 18.7. The van der Waals surface area contributed by atoms with Gasteiger partial charge < -0.3 is 16.8 Å². The molecule has 0 saturated carbocycles. The average Bonchev–Trinajstić information content (AvgIpc) is 2.92. The molecule has 0 aliphatic rings. The van der Waals surface area contributed by atoms with Crippen LogP contribution in [0, 0.1) is 17.6 Å². The number of para-hydroxylation sites is 2. The van der Waals surface area contributed by atoms with Crippen LogP contribution in [0.2, 0.25) is 0 Å². The SMILES string of the molecule is NC(=O)C(CCc1ccc(C(=O)Nc2ccccc2N)cc1)C(=O)N(c1ccc(F)cc1)c1ccc(F)cc1. The Morgan fingerprint density at radius 1 is 0.769 bits per heavy atom. The van der Waals surface area contributed by atoms with Gasteiger partial charge in [-0.05, 0) is 91.2 Å². The predicted molar refractivity (Wildman–Crippen MR) is 146 cm³/mol. The highest BCUT2D eigenvalue weighted by atomic mass is 19.1. The summed E-state index contributed by atoms with van der Waals surface area (Å²) in [6, 6.07) is 23.9. The minimum atomic E-state index is -1.22. The van der Waals surface area contributed by atoms with Crippen LogP contribution < -0.4 is 21.7 Å². The van der Waals surface area contributed by atoms with Crippen molar-refractivity contribution in [1.29, 1.82) is 0 Å². The molecule has 0 spiro atoms. The van der Waals surface area contributed by atoms with Crippen LogP contribution in [0.3, 0.4) is 0 Å². The quantitative estimate of drug-likeness (QED) is 0.204. The molecule has 39 heavy (non-hydrogen) atoms. The molecule has 1 unspecified atom stereocenters. The first kappa shape index (κ1) is 27.0. The van der Waals surface area contributed by atoms with E-state index in [2.05, 4.69) is 5.32 Å². The summed E-state index contributed by atoms with van der Waals surface area (Å²) in [4.78, 5) is 39.8. The molecular weight excluding hydrogens is 502 g/mol. The van der Waals surface area contributed by atoms with Gasteiger partial charge in [0.25, 0.3) is 5.91 Å². The van der Waals surface area contributed by atoms with E-state index >= 15 is 0 Å². The number of amides is 3. The van der Waals surface area contributed by atoms with Crippen LogP contribution in [-0.4, -0.2) is 17.7 Å². The zero-order valence-corrected chi connectivity index (χ0v) is 20.8. The molecule has 4 aromatic carbocycles. The fourth-order valence-electron chi connectivity index (χ4n) is 4.07. The van der Waals surface area contributed by atoms with Crippen LogP contribution in [0.1, 0.15) is 22.3 Å². The van der Waals surface area contributed by atoms with Gasteiger partial charge in [0.05, 0.1) is 11.4 Å². The fourth-order valence-corrected chi connectivity index (χ4v) is 4.07. The molecule has 1 atom stereocenters. The summed E-state index contributed by atoms with van der Waals surface area (Å²) in [6.07, 6.45) is 0.396. The van der Waals surface area contributed by atoms with Crippen molar-refractivity contribution in [1.82, 2.24) is 0 Å². The van der Waals surface area contributed by atoms with E-state index in [1.54, 1.807) is 48.5 Å². The molecule has 9 heteroatoms. The summed E-state index contributed by atoms with van der Waals surface area (Å²) in [6.45, 7) is 0. The zero-order chi connectivity index (χ0) is 27.9. The molecule has 4 aromatic rings. The second-order valence-corrected chi connectivity index (χ2v) is 8.86. The highest BCUT2D eigenvalue weighted by Gasteiger charge is 2.31. The van der Waals surface area contributed by atoms with Crippen molar-refractivity contribution in [2.45, 2.75) is 12.8 Å². The van der Waals surface area contributed by atoms with E-state index in [4.69, 9.17) is 11.5 Å². The second kappa shape index (κ2) is 12.0. The monoisotopic (exact) mass is 528 g/mol. The topological polar surface area (TPSA) is 119 Å². The zero-order valence-electron chi connectivity index (χ0n) is 20.8. The number of rotatable bonds is 9. The largest absolute Gasteiger partial charge is 0.397 e. The summed E-state index contributed by atoms with van der Waals surface area (Å²) < 4.78 is 27.1. The molecule has 0 aliphatic heterocycles. The number of benzene rings is 4. The molecule has 0 aliphatic carbocycles. The maximum Gasteiger partial charge on any atom is 0.255 e. The lowest BCUT2D eigenvalue weighted by Crippen LogP contribution is -2.40. The van der Waals surface area contributed by atoms with Gasteiger partial charge in [-0.3, -0.25) is 19.3 Å². The Morgan fingerprint density at radius 2 is 1.31 bits per heavy atom. The van der Waals surface area contributed by atoms with Gasteiger partial charge in [-0.25, -0.2) is 8.78 Å². The van der Waals surface area contributed by atoms with Gasteiger partial charge in [-0.15, -0.1) is 0 Å². The Kier molecular flexibility index (Phi) is 8.30. The van der Waals surface area contributed by atoms with Gasteiger partial charge in [0.1, 0.15) is 17.6 Å². The van der Waals surface area contributed by atoms with E-state index in [-0.39, 0.29) is 12.3 Å². The number of nitrogens with zero attached hydrogens (tertiary/aromatic N) is 1. The highest BCUT2D eigenvalue weighted by molar-refractivity contribution is 6.11. The van der Waals surface area contributed by atoms with Crippen LogP contribution in [0.5, 0.6) is 0 Å². The van der Waals surface area contributed by atoms with Gasteiger partial charge in [0.2, 0.25) is 11.8 Å². The number of carbonyl (C=O) groups is 3. The summed E-state index contributed by atoms with van der Waals surface area (Å²) in [5.41, 5.74) is 14.2.